The molecule has 1 aliphatic carbocycles. The summed E-state index contributed by atoms with van der Waals surface area (Å²) in [5.74, 6) is 0.938. The van der Waals surface area contributed by atoms with Crippen molar-refractivity contribution in [3.63, 3.8) is 0 Å². The van der Waals surface area contributed by atoms with E-state index in [2.05, 4.69) is 15.0 Å². The van der Waals surface area contributed by atoms with Crippen molar-refractivity contribution in [2.24, 2.45) is 11.3 Å². The fourth-order valence-corrected chi connectivity index (χ4v) is 4.72. The molecule has 7 heteroatoms. The van der Waals surface area contributed by atoms with Crippen molar-refractivity contribution in [1.29, 1.82) is 0 Å². The molecule has 0 N–H and O–H groups in total. The topological polar surface area (TPSA) is 71.3 Å². The summed E-state index contributed by atoms with van der Waals surface area (Å²) < 4.78 is 1.61. The van der Waals surface area contributed by atoms with Crippen LogP contribution in [0.3, 0.4) is 0 Å². The van der Waals surface area contributed by atoms with Crippen LogP contribution in [0.1, 0.15) is 42.5 Å². The second-order valence-electron chi connectivity index (χ2n) is 8.41. The zero-order chi connectivity index (χ0) is 19.1. The van der Waals surface area contributed by atoms with Crippen LogP contribution in [0.4, 0.5) is 0 Å². The van der Waals surface area contributed by atoms with Gasteiger partial charge in [0.2, 0.25) is 5.91 Å². The molecular weight excluding hydrogens is 354 g/mol. The van der Waals surface area contributed by atoms with E-state index in [0.29, 0.717) is 24.6 Å². The standard InChI is InChI=1S/C21H25N5O2/c27-19(17-4-1-2-5-18(17)26-15-22-14-23-26)25-11-9-21(13-25)8-3-10-24(20(21)28)12-16-6-7-16/h1-2,4-5,14-16H,3,6-13H2/t21-/m1/s1. The Bertz CT molecular complexity index is 892. The molecule has 1 aromatic heterocycles. The van der Waals surface area contributed by atoms with Crippen molar-refractivity contribution in [2.75, 3.05) is 26.2 Å². The fraction of sp³-hybridized carbons (Fsp3) is 0.524. The quantitative estimate of drug-likeness (QED) is 0.816. The first-order chi connectivity index (χ1) is 13.7. The molecule has 2 aromatic rings. The number of carbonyl (C=O) groups is 2. The van der Waals surface area contributed by atoms with E-state index >= 15 is 0 Å². The molecule has 7 nitrogen and oxygen atoms in total. The first-order valence-corrected chi connectivity index (χ1v) is 10.2. The number of amides is 2. The molecule has 0 radical (unpaired) electrons. The van der Waals surface area contributed by atoms with Gasteiger partial charge >= 0.3 is 0 Å². The maximum atomic E-state index is 13.3. The predicted molar refractivity (Wildman–Crippen MR) is 103 cm³/mol. The van der Waals surface area contributed by atoms with Crippen LogP contribution in [-0.4, -0.2) is 62.6 Å². The number of carbonyl (C=O) groups excluding carboxylic acids is 2. The second-order valence-corrected chi connectivity index (χ2v) is 8.41. The predicted octanol–water partition coefficient (Wildman–Crippen LogP) is 2.13. The van der Waals surface area contributed by atoms with E-state index in [0.717, 1.165) is 38.0 Å². The molecule has 1 saturated carbocycles. The molecule has 1 aromatic carbocycles. The van der Waals surface area contributed by atoms with Crippen LogP contribution in [0.2, 0.25) is 0 Å². The number of rotatable bonds is 4. The van der Waals surface area contributed by atoms with Crippen LogP contribution in [0.25, 0.3) is 5.69 Å². The molecule has 1 spiro atoms. The van der Waals surface area contributed by atoms with Gasteiger partial charge in [-0.1, -0.05) is 12.1 Å². The Labute approximate surface area is 164 Å². The van der Waals surface area contributed by atoms with E-state index in [4.69, 9.17) is 0 Å². The minimum atomic E-state index is -0.384. The van der Waals surface area contributed by atoms with Crippen molar-refractivity contribution in [3.8, 4) is 5.69 Å². The number of hydrogen-bond donors (Lipinski definition) is 0. The van der Waals surface area contributed by atoms with E-state index in [9.17, 15) is 9.59 Å². The van der Waals surface area contributed by atoms with Gasteiger partial charge in [0.1, 0.15) is 12.7 Å². The van der Waals surface area contributed by atoms with Crippen LogP contribution in [0, 0.1) is 11.3 Å². The van der Waals surface area contributed by atoms with Crippen LogP contribution < -0.4 is 0 Å². The number of benzene rings is 1. The summed E-state index contributed by atoms with van der Waals surface area (Å²) in [5.41, 5.74) is 0.935. The third-order valence-corrected chi connectivity index (χ3v) is 6.44. The lowest BCUT2D eigenvalue weighted by Crippen LogP contribution is -2.51. The van der Waals surface area contributed by atoms with Crippen molar-refractivity contribution in [2.45, 2.75) is 32.1 Å². The first kappa shape index (κ1) is 17.4. The van der Waals surface area contributed by atoms with Crippen LogP contribution in [0.15, 0.2) is 36.9 Å². The summed E-state index contributed by atoms with van der Waals surface area (Å²) in [6, 6.07) is 7.45. The van der Waals surface area contributed by atoms with E-state index in [-0.39, 0.29) is 17.2 Å². The van der Waals surface area contributed by atoms with Crippen molar-refractivity contribution in [1.82, 2.24) is 24.6 Å². The minimum Gasteiger partial charge on any atom is -0.342 e. The second kappa shape index (κ2) is 6.72. The number of para-hydroxylation sites is 1. The maximum Gasteiger partial charge on any atom is 0.256 e. The average molecular weight is 379 g/mol. The summed E-state index contributed by atoms with van der Waals surface area (Å²) in [4.78, 5) is 34.5. The Morgan fingerprint density at radius 3 is 2.82 bits per heavy atom. The Balaban J connectivity index is 1.36. The van der Waals surface area contributed by atoms with Crippen LogP contribution in [0.5, 0.6) is 0 Å². The van der Waals surface area contributed by atoms with Crippen LogP contribution in [-0.2, 0) is 4.79 Å². The van der Waals surface area contributed by atoms with Gasteiger partial charge in [0, 0.05) is 26.2 Å². The summed E-state index contributed by atoms with van der Waals surface area (Å²) in [7, 11) is 0. The monoisotopic (exact) mass is 379 g/mol. The summed E-state index contributed by atoms with van der Waals surface area (Å²) >= 11 is 0. The molecule has 0 bridgehead atoms. The van der Waals surface area contributed by atoms with Gasteiger partial charge < -0.3 is 9.80 Å². The average Bonchev–Trinajstić information content (AvgIpc) is 3.20. The highest BCUT2D eigenvalue weighted by atomic mass is 16.2. The van der Waals surface area contributed by atoms with Gasteiger partial charge in [-0.05, 0) is 50.2 Å². The molecule has 2 saturated heterocycles. The number of aromatic nitrogens is 3. The van der Waals surface area contributed by atoms with E-state index in [1.165, 1.54) is 19.2 Å². The molecule has 3 heterocycles. The lowest BCUT2D eigenvalue weighted by atomic mass is 9.78. The smallest absolute Gasteiger partial charge is 0.256 e. The van der Waals surface area contributed by atoms with Gasteiger partial charge in [-0.25, -0.2) is 9.67 Å². The molecule has 2 amide bonds. The Morgan fingerprint density at radius 2 is 2.04 bits per heavy atom. The number of nitrogens with zero attached hydrogens (tertiary/aromatic N) is 5. The fourth-order valence-electron chi connectivity index (χ4n) is 4.72. The highest BCUT2D eigenvalue weighted by molar-refractivity contribution is 5.98. The van der Waals surface area contributed by atoms with Crippen molar-refractivity contribution >= 4 is 11.8 Å². The SMILES string of the molecule is O=C(c1ccccc1-n1cncn1)N1CC[C@]2(CCCN(CC3CC3)C2=O)C1. The number of hydrogen-bond acceptors (Lipinski definition) is 4. The summed E-state index contributed by atoms with van der Waals surface area (Å²) in [5, 5.41) is 4.17. The zero-order valence-corrected chi connectivity index (χ0v) is 16.0. The molecular formula is C21H25N5O2. The first-order valence-electron chi connectivity index (χ1n) is 10.2. The van der Waals surface area contributed by atoms with Gasteiger partial charge in [0.15, 0.2) is 0 Å². The van der Waals surface area contributed by atoms with E-state index in [1.807, 2.05) is 29.2 Å². The number of piperidine rings is 1. The van der Waals surface area contributed by atoms with Gasteiger partial charge in [-0.3, -0.25) is 9.59 Å². The molecule has 5 rings (SSSR count). The van der Waals surface area contributed by atoms with Gasteiger partial charge in [0.25, 0.3) is 5.91 Å². The molecule has 0 unspecified atom stereocenters. The molecule has 28 heavy (non-hydrogen) atoms. The lowest BCUT2D eigenvalue weighted by molar-refractivity contribution is -0.145. The minimum absolute atomic E-state index is 0.0323. The van der Waals surface area contributed by atoms with Gasteiger partial charge in [-0.15, -0.1) is 0 Å². The summed E-state index contributed by atoms with van der Waals surface area (Å²) in [6.07, 6.45) is 8.25. The molecule has 2 aliphatic heterocycles. The highest BCUT2D eigenvalue weighted by Crippen LogP contribution is 2.42. The maximum absolute atomic E-state index is 13.3. The van der Waals surface area contributed by atoms with Crippen molar-refractivity contribution in [3.05, 3.63) is 42.5 Å². The third-order valence-electron chi connectivity index (χ3n) is 6.44. The largest absolute Gasteiger partial charge is 0.342 e. The normalized spacial score (nSPS) is 24.9. The number of likely N-dealkylation sites (tertiary alicyclic amines) is 2. The Kier molecular flexibility index (Phi) is 4.18. The molecule has 3 aliphatic rings. The third kappa shape index (κ3) is 2.99. The molecule has 146 valence electrons. The highest BCUT2D eigenvalue weighted by Gasteiger charge is 2.50. The van der Waals surface area contributed by atoms with Gasteiger partial charge in [0.05, 0.1) is 16.7 Å². The van der Waals surface area contributed by atoms with E-state index in [1.54, 1.807) is 11.0 Å². The van der Waals surface area contributed by atoms with Crippen molar-refractivity contribution < 1.29 is 9.59 Å². The summed E-state index contributed by atoms with van der Waals surface area (Å²) in [6.45, 7) is 2.94. The lowest BCUT2D eigenvalue weighted by Gasteiger charge is -2.39. The van der Waals surface area contributed by atoms with Crippen LogP contribution >= 0.6 is 0 Å². The Morgan fingerprint density at radius 1 is 1.18 bits per heavy atom. The van der Waals surface area contributed by atoms with E-state index < -0.39 is 0 Å². The zero-order valence-electron chi connectivity index (χ0n) is 16.0. The Hall–Kier alpha value is -2.70. The molecule has 3 fully saturated rings. The molecule has 1 atom stereocenters. The van der Waals surface area contributed by atoms with Gasteiger partial charge in [-0.2, -0.15) is 5.10 Å².